The molecule has 186 valence electrons. The lowest BCUT2D eigenvalue weighted by Crippen LogP contribution is -2.24. The smallest absolute Gasteiger partial charge is 0.283 e. The van der Waals surface area contributed by atoms with E-state index in [4.69, 9.17) is 4.98 Å². The lowest BCUT2D eigenvalue weighted by molar-refractivity contribution is -0.113. The van der Waals surface area contributed by atoms with Gasteiger partial charge in [0.25, 0.3) is 5.56 Å². The number of carbonyl (C=O) groups excluding carboxylic acids is 1. The molecule has 5 aromatic rings. The van der Waals surface area contributed by atoms with Gasteiger partial charge in [0.2, 0.25) is 5.91 Å². The fourth-order valence-corrected chi connectivity index (χ4v) is 5.12. The molecule has 7 heteroatoms. The third-order valence-electron chi connectivity index (χ3n) is 6.31. The van der Waals surface area contributed by atoms with Gasteiger partial charge in [0.15, 0.2) is 5.16 Å². The number of benzene rings is 3. The fraction of sp³-hybridized carbons (Fsp3) is 0.167. The molecule has 0 aliphatic heterocycles. The lowest BCUT2D eigenvalue weighted by Gasteiger charge is -2.14. The number of aromatic nitrogens is 3. The lowest BCUT2D eigenvalue weighted by atomic mass is 10.1. The van der Waals surface area contributed by atoms with Crippen LogP contribution in [0.5, 0.6) is 0 Å². The van der Waals surface area contributed by atoms with Gasteiger partial charge in [0.05, 0.1) is 11.4 Å². The number of hydrogen-bond acceptors (Lipinski definition) is 4. The van der Waals surface area contributed by atoms with E-state index in [9.17, 15) is 9.59 Å². The average molecular weight is 509 g/mol. The molecule has 1 amide bonds. The summed E-state index contributed by atoms with van der Waals surface area (Å²) in [6.07, 6.45) is 2.85. The van der Waals surface area contributed by atoms with E-state index in [1.54, 1.807) is 4.57 Å². The Bertz CT molecular complexity index is 1620. The first kappa shape index (κ1) is 24.6. The number of fused-ring (bicyclic) bond motifs is 1. The van der Waals surface area contributed by atoms with E-state index in [-0.39, 0.29) is 17.2 Å². The fourth-order valence-electron chi connectivity index (χ4n) is 4.32. The number of rotatable bonds is 7. The molecule has 0 aliphatic carbocycles. The first-order valence-electron chi connectivity index (χ1n) is 12.2. The van der Waals surface area contributed by atoms with Crippen LogP contribution < -0.4 is 10.9 Å². The number of hydrogen-bond donors (Lipinski definition) is 1. The minimum Gasteiger partial charge on any atom is -0.344 e. The number of nitrogens with one attached hydrogen (secondary N) is 1. The van der Waals surface area contributed by atoms with Crippen molar-refractivity contribution in [1.29, 1.82) is 0 Å². The normalized spacial score (nSPS) is 11.1. The summed E-state index contributed by atoms with van der Waals surface area (Å²) in [7, 11) is 1.87. The highest BCUT2D eigenvalue weighted by molar-refractivity contribution is 7.99. The molecule has 0 fully saturated rings. The van der Waals surface area contributed by atoms with Crippen molar-refractivity contribution >= 4 is 34.4 Å². The molecule has 0 aliphatic rings. The predicted octanol–water partition coefficient (Wildman–Crippen LogP) is 5.99. The SMILES string of the molecule is CCc1ccc(-n2c(SCC(=O)Nc3ccc(C)cc3)nc3c(-c4ccccc4)cn(C)c3c2=O)cc1. The van der Waals surface area contributed by atoms with Crippen LogP contribution in [0.2, 0.25) is 0 Å². The molecule has 1 N–H and O–H groups in total. The summed E-state index contributed by atoms with van der Waals surface area (Å²) in [6.45, 7) is 4.10. The van der Waals surface area contributed by atoms with Crippen molar-refractivity contribution in [3.63, 3.8) is 0 Å². The molecule has 0 unspecified atom stereocenters. The summed E-state index contributed by atoms with van der Waals surface area (Å²) in [5.74, 6) is -0.0424. The number of aryl methyl sites for hydroxylation is 3. The molecule has 3 aromatic carbocycles. The van der Waals surface area contributed by atoms with Gasteiger partial charge in [0, 0.05) is 24.5 Å². The van der Waals surface area contributed by atoms with Crippen molar-refractivity contribution in [3.8, 4) is 16.8 Å². The van der Waals surface area contributed by atoms with E-state index >= 15 is 0 Å². The Morgan fingerprint density at radius 2 is 1.68 bits per heavy atom. The van der Waals surface area contributed by atoms with Gasteiger partial charge in [-0.25, -0.2) is 4.98 Å². The number of thioether (sulfide) groups is 1. The molecule has 6 nitrogen and oxygen atoms in total. The van der Waals surface area contributed by atoms with Crippen molar-refractivity contribution in [3.05, 3.63) is 107 Å². The van der Waals surface area contributed by atoms with Gasteiger partial charge in [-0.1, -0.05) is 78.8 Å². The first-order chi connectivity index (χ1) is 17.9. The van der Waals surface area contributed by atoms with Crippen molar-refractivity contribution in [2.45, 2.75) is 25.4 Å². The summed E-state index contributed by atoms with van der Waals surface area (Å²) in [5.41, 5.74) is 6.62. The highest BCUT2D eigenvalue weighted by atomic mass is 32.2. The number of carbonyl (C=O) groups is 1. The van der Waals surface area contributed by atoms with Gasteiger partial charge in [-0.15, -0.1) is 0 Å². The van der Waals surface area contributed by atoms with Crippen molar-refractivity contribution in [1.82, 2.24) is 14.1 Å². The Balaban J connectivity index is 1.58. The molecule has 0 saturated carbocycles. The predicted molar refractivity (Wildman–Crippen MR) is 152 cm³/mol. The van der Waals surface area contributed by atoms with E-state index in [0.29, 0.717) is 16.2 Å². The largest absolute Gasteiger partial charge is 0.344 e. The molecule has 5 rings (SSSR count). The van der Waals surface area contributed by atoms with Crippen molar-refractivity contribution < 1.29 is 4.79 Å². The maximum absolute atomic E-state index is 13.9. The van der Waals surface area contributed by atoms with Crippen LogP contribution in [0.4, 0.5) is 5.69 Å². The molecule has 2 heterocycles. The Morgan fingerprint density at radius 1 is 0.973 bits per heavy atom. The van der Waals surface area contributed by atoms with E-state index < -0.39 is 0 Å². The molecule has 0 bridgehead atoms. The molecular weight excluding hydrogens is 480 g/mol. The van der Waals surface area contributed by atoms with Crippen LogP contribution in [0, 0.1) is 6.92 Å². The standard InChI is InChI=1S/C30H28N4O2S/c1-4-21-12-16-24(17-13-21)34-29(36)28-27(25(18-33(28)3)22-8-6-5-7-9-22)32-30(34)37-19-26(35)31-23-14-10-20(2)11-15-23/h5-18H,4,19H2,1-3H3,(H,31,35). The maximum atomic E-state index is 13.9. The number of nitrogens with zero attached hydrogens (tertiary/aromatic N) is 3. The second-order valence-electron chi connectivity index (χ2n) is 8.97. The molecule has 2 aromatic heterocycles. The Morgan fingerprint density at radius 3 is 2.35 bits per heavy atom. The second-order valence-corrected chi connectivity index (χ2v) is 9.92. The summed E-state index contributed by atoms with van der Waals surface area (Å²) >= 11 is 1.26. The Labute approximate surface area is 220 Å². The first-order valence-corrected chi connectivity index (χ1v) is 13.2. The highest BCUT2D eigenvalue weighted by Gasteiger charge is 2.20. The maximum Gasteiger partial charge on any atom is 0.283 e. The van der Waals surface area contributed by atoms with Crippen LogP contribution >= 0.6 is 11.8 Å². The van der Waals surface area contributed by atoms with Gasteiger partial charge in [-0.2, -0.15) is 0 Å². The van der Waals surface area contributed by atoms with E-state index in [1.165, 1.54) is 17.3 Å². The molecule has 37 heavy (non-hydrogen) atoms. The van der Waals surface area contributed by atoms with Gasteiger partial charge in [-0.3, -0.25) is 14.2 Å². The zero-order chi connectivity index (χ0) is 25.9. The highest BCUT2D eigenvalue weighted by Crippen LogP contribution is 2.30. The molecule has 0 saturated heterocycles. The monoisotopic (exact) mass is 508 g/mol. The molecular formula is C30H28N4O2S. The molecule has 0 atom stereocenters. The zero-order valence-electron chi connectivity index (χ0n) is 21.1. The van der Waals surface area contributed by atoms with Gasteiger partial charge in [0.1, 0.15) is 11.0 Å². The van der Waals surface area contributed by atoms with E-state index in [1.807, 2.05) is 104 Å². The third-order valence-corrected chi connectivity index (χ3v) is 7.25. The molecule has 0 spiro atoms. The second kappa shape index (κ2) is 10.5. The van der Waals surface area contributed by atoms with Gasteiger partial charge < -0.3 is 9.88 Å². The van der Waals surface area contributed by atoms with Crippen molar-refractivity contribution in [2.24, 2.45) is 7.05 Å². The van der Waals surface area contributed by atoms with Gasteiger partial charge in [-0.05, 0) is 48.7 Å². The van der Waals surface area contributed by atoms with Crippen LogP contribution in [0.15, 0.2) is 95.0 Å². The number of anilines is 1. The van der Waals surface area contributed by atoms with Crippen LogP contribution in [0.1, 0.15) is 18.1 Å². The minimum atomic E-state index is -0.166. The Kier molecular flexibility index (Phi) is 6.97. The summed E-state index contributed by atoms with van der Waals surface area (Å²) in [6, 6.07) is 25.5. The summed E-state index contributed by atoms with van der Waals surface area (Å²) in [5, 5.41) is 3.40. The van der Waals surface area contributed by atoms with Crippen LogP contribution in [0.25, 0.3) is 27.8 Å². The average Bonchev–Trinajstić information content (AvgIpc) is 3.26. The third kappa shape index (κ3) is 5.08. The van der Waals surface area contributed by atoms with E-state index in [2.05, 4.69) is 12.2 Å². The summed E-state index contributed by atoms with van der Waals surface area (Å²) in [4.78, 5) is 31.7. The van der Waals surface area contributed by atoms with Crippen LogP contribution in [-0.2, 0) is 18.3 Å². The van der Waals surface area contributed by atoms with Crippen LogP contribution in [0.3, 0.4) is 0 Å². The van der Waals surface area contributed by atoms with Crippen LogP contribution in [-0.4, -0.2) is 25.8 Å². The van der Waals surface area contributed by atoms with Gasteiger partial charge >= 0.3 is 0 Å². The quantitative estimate of drug-likeness (QED) is 0.216. The summed E-state index contributed by atoms with van der Waals surface area (Å²) < 4.78 is 3.45. The zero-order valence-corrected chi connectivity index (χ0v) is 21.9. The topological polar surface area (TPSA) is 68.9 Å². The number of amides is 1. The Hall–Kier alpha value is -4.10. The van der Waals surface area contributed by atoms with Crippen molar-refractivity contribution in [2.75, 3.05) is 11.1 Å². The molecule has 0 radical (unpaired) electrons. The minimum absolute atomic E-state index is 0.117. The van der Waals surface area contributed by atoms with E-state index in [0.717, 1.165) is 34.5 Å².